The number of amides is 1. The number of nitrogens with zero attached hydrogens (tertiary/aromatic N) is 3. The van der Waals surface area contributed by atoms with Crippen LogP contribution < -0.4 is 16.6 Å². The third-order valence-corrected chi connectivity index (χ3v) is 5.69. The molecule has 0 aliphatic carbocycles. The quantitative estimate of drug-likeness (QED) is 0.162. The maximum Gasteiger partial charge on any atom is 0.270 e. The van der Waals surface area contributed by atoms with Gasteiger partial charge in [-0.15, -0.1) is 0 Å². The molecule has 1 amide bonds. The van der Waals surface area contributed by atoms with E-state index in [2.05, 4.69) is 15.7 Å². The minimum absolute atomic E-state index is 0.0187. The van der Waals surface area contributed by atoms with Crippen LogP contribution in [0.3, 0.4) is 0 Å². The Hall–Kier alpha value is -3.56. The summed E-state index contributed by atoms with van der Waals surface area (Å²) in [7, 11) is 5.49. The van der Waals surface area contributed by atoms with Gasteiger partial charge in [-0.2, -0.15) is 0 Å². The zero-order valence-electron chi connectivity index (χ0n) is 19.7. The Labute approximate surface area is 193 Å². The number of aliphatic imine (C=N–C) groups is 1. The Balaban J connectivity index is 2.00. The van der Waals surface area contributed by atoms with E-state index in [1.165, 1.54) is 6.07 Å². The fraction of sp³-hybridized carbons (Fsp3) is 0.333. The molecule has 9 heteroatoms. The van der Waals surface area contributed by atoms with E-state index >= 15 is 0 Å². The molecule has 0 radical (unpaired) electrons. The van der Waals surface area contributed by atoms with E-state index in [0.29, 0.717) is 35.6 Å². The summed E-state index contributed by atoms with van der Waals surface area (Å²) in [6, 6.07) is 10.4. The molecule has 1 aromatic heterocycles. The molecule has 33 heavy (non-hydrogen) atoms. The standard InChI is InChI=1S/C24H32N6O3/c1-14(2)17-12-18(22(32)13-21(17)31)23(28-25)27-16-6-7-19-15(10-16)11-20(30(19)5)24(33)29(4)9-8-26-3/h6-7,10-14,26,31-32H,8-9,25H2,1-5H3,(H,27,28). The number of aryl methyl sites for hydroxylation is 1. The molecule has 0 unspecified atom stereocenters. The zero-order chi connectivity index (χ0) is 24.3. The smallest absolute Gasteiger partial charge is 0.270 e. The van der Waals surface area contributed by atoms with Crippen molar-refractivity contribution in [2.45, 2.75) is 19.8 Å². The molecule has 0 atom stereocenters. The number of amidine groups is 1. The predicted octanol–water partition coefficient (Wildman–Crippen LogP) is 2.55. The molecule has 2 aromatic carbocycles. The number of aromatic nitrogens is 1. The number of phenols is 2. The summed E-state index contributed by atoms with van der Waals surface area (Å²) in [4.78, 5) is 19.1. The molecule has 0 saturated heterocycles. The third-order valence-electron chi connectivity index (χ3n) is 5.69. The first-order chi connectivity index (χ1) is 15.7. The van der Waals surface area contributed by atoms with Crippen molar-refractivity contribution in [3.8, 4) is 11.5 Å². The van der Waals surface area contributed by atoms with Crippen LogP contribution in [0.2, 0.25) is 0 Å². The molecule has 9 nitrogen and oxygen atoms in total. The number of nitrogens with two attached hydrogens (primary N) is 1. The number of phenolic OH excluding ortho intramolecular Hbond substituents is 2. The SMILES string of the molecule is CNCCN(C)C(=O)c1cc2cc(N=C(NN)c3cc(C(C)C)c(O)cc3O)ccc2n1C. The van der Waals surface area contributed by atoms with E-state index in [1.807, 2.05) is 56.8 Å². The zero-order valence-corrected chi connectivity index (χ0v) is 19.7. The Bertz CT molecular complexity index is 1200. The molecule has 6 N–H and O–H groups in total. The molecule has 0 spiro atoms. The Kier molecular flexibility index (Phi) is 7.25. The maximum atomic E-state index is 12.9. The number of likely N-dealkylation sites (N-methyl/N-ethyl adjacent to an activating group) is 2. The third kappa shape index (κ3) is 4.94. The summed E-state index contributed by atoms with van der Waals surface area (Å²) in [5, 5.41) is 24.4. The van der Waals surface area contributed by atoms with Gasteiger partial charge in [-0.05, 0) is 48.9 Å². The number of fused-ring (bicyclic) bond motifs is 1. The van der Waals surface area contributed by atoms with Crippen molar-refractivity contribution in [2.24, 2.45) is 17.9 Å². The maximum absolute atomic E-state index is 12.9. The number of rotatable bonds is 7. The largest absolute Gasteiger partial charge is 0.508 e. The lowest BCUT2D eigenvalue weighted by molar-refractivity contribution is 0.0788. The van der Waals surface area contributed by atoms with E-state index in [4.69, 9.17) is 5.84 Å². The first kappa shape index (κ1) is 24.1. The number of nitrogens with one attached hydrogen (secondary N) is 2. The number of carbonyl (C=O) groups is 1. The van der Waals surface area contributed by atoms with Crippen LogP contribution in [0, 0.1) is 0 Å². The summed E-state index contributed by atoms with van der Waals surface area (Å²) in [6.45, 7) is 5.21. The van der Waals surface area contributed by atoms with Gasteiger partial charge in [0.25, 0.3) is 5.91 Å². The molecular weight excluding hydrogens is 420 g/mol. The summed E-state index contributed by atoms with van der Waals surface area (Å²) in [5.41, 5.74) is 5.69. The van der Waals surface area contributed by atoms with Gasteiger partial charge >= 0.3 is 0 Å². The van der Waals surface area contributed by atoms with Gasteiger partial charge in [-0.3, -0.25) is 4.79 Å². The van der Waals surface area contributed by atoms with Gasteiger partial charge in [0.15, 0.2) is 5.84 Å². The van der Waals surface area contributed by atoms with Crippen molar-refractivity contribution in [3.63, 3.8) is 0 Å². The monoisotopic (exact) mass is 452 g/mol. The average molecular weight is 453 g/mol. The molecule has 0 aliphatic heterocycles. The highest BCUT2D eigenvalue weighted by molar-refractivity contribution is 6.03. The van der Waals surface area contributed by atoms with E-state index < -0.39 is 0 Å². The number of benzene rings is 2. The van der Waals surface area contributed by atoms with Crippen molar-refractivity contribution >= 4 is 28.3 Å². The van der Waals surface area contributed by atoms with Gasteiger partial charge < -0.3 is 30.4 Å². The van der Waals surface area contributed by atoms with E-state index in [0.717, 1.165) is 10.9 Å². The summed E-state index contributed by atoms with van der Waals surface area (Å²) < 4.78 is 1.86. The highest BCUT2D eigenvalue weighted by Gasteiger charge is 2.18. The summed E-state index contributed by atoms with van der Waals surface area (Å²) in [5.74, 6) is 5.86. The molecular formula is C24H32N6O3. The van der Waals surface area contributed by atoms with Crippen molar-refractivity contribution in [1.82, 2.24) is 20.2 Å². The molecule has 3 aromatic rings. The molecule has 0 saturated carbocycles. The van der Waals surface area contributed by atoms with Crippen LogP contribution in [0.15, 0.2) is 41.4 Å². The number of hydrazine groups is 1. The van der Waals surface area contributed by atoms with Crippen LogP contribution in [-0.2, 0) is 7.05 Å². The van der Waals surface area contributed by atoms with Gasteiger partial charge in [-0.1, -0.05) is 13.8 Å². The first-order valence-corrected chi connectivity index (χ1v) is 10.8. The Morgan fingerprint density at radius 1 is 1.18 bits per heavy atom. The van der Waals surface area contributed by atoms with Crippen LogP contribution in [0.5, 0.6) is 11.5 Å². The van der Waals surface area contributed by atoms with Gasteiger partial charge in [0.1, 0.15) is 17.2 Å². The lowest BCUT2D eigenvalue weighted by Gasteiger charge is -2.17. The molecule has 0 bridgehead atoms. The Morgan fingerprint density at radius 3 is 2.55 bits per heavy atom. The average Bonchev–Trinajstić information content (AvgIpc) is 3.11. The van der Waals surface area contributed by atoms with E-state index in [-0.39, 0.29) is 29.2 Å². The number of aromatic hydroxyl groups is 2. The van der Waals surface area contributed by atoms with Gasteiger partial charge in [0.2, 0.25) is 0 Å². The lowest BCUT2D eigenvalue weighted by Crippen LogP contribution is -2.33. The second kappa shape index (κ2) is 9.93. The predicted molar refractivity (Wildman–Crippen MR) is 131 cm³/mol. The number of hydrogen-bond acceptors (Lipinski definition) is 6. The highest BCUT2D eigenvalue weighted by atomic mass is 16.3. The van der Waals surface area contributed by atoms with Crippen LogP contribution in [0.25, 0.3) is 10.9 Å². The molecule has 0 fully saturated rings. The molecule has 3 rings (SSSR count). The Morgan fingerprint density at radius 2 is 1.91 bits per heavy atom. The number of hydrogen-bond donors (Lipinski definition) is 5. The van der Waals surface area contributed by atoms with Gasteiger partial charge in [0, 0.05) is 44.2 Å². The van der Waals surface area contributed by atoms with E-state index in [9.17, 15) is 15.0 Å². The normalized spacial score (nSPS) is 11.9. The molecule has 176 valence electrons. The topological polar surface area (TPSA) is 128 Å². The second-order valence-electron chi connectivity index (χ2n) is 8.35. The van der Waals surface area contributed by atoms with Crippen molar-refractivity contribution in [2.75, 3.05) is 27.2 Å². The fourth-order valence-electron chi connectivity index (χ4n) is 3.73. The van der Waals surface area contributed by atoms with Crippen molar-refractivity contribution in [1.29, 1.82) is 0 Å². The minimum atomic E-state index is -0.133. The van der Waals surface area contributed by atoms with Crippen LogP contribution in [0.4, 0.5) is 5.69 Å². The minimum Gasteiger partial charge on any atom is -0.508 e. The first-order valence-electron chi connectivity index (χ1n) is 10.8. The van der Waals surface area contributed by atoms with Crippen LogP contribution in [-0.4, -0.2) is 58.6 Å². The van der Waals surface area contributed by atoms with Gasteiger partial charge in [0.05, 0.1) is 11.3 Å². The lowest BCUT2D eigenvalue weighted by atomic mass is 9.98. The number of carbonyl (C=O) groups excluding carboxylic acids is 1. The van der Waals surface area contributed by atoms with Gasteiger partial charge in [-0.25, -0.2) is 10.8 Å². The van der Waals surface area contributed by atoms with Crippen molar-refractivity contribution in [3.05, 3.63) is 53.2 Å². The summed E-state index contributed by atoms with van der Waals surface area (Å²) >= 11 is 0. The molecule has 1 heterocycles. The second-order valence-corrected chi connectivity index (χ2v) is 8.35. The van der Waals surface area contributed by atoms with E-state index in [1.54, 1.807) is 18.0 Å². The van der Waals surface area contributed by atoms with Crippen LogP contribution >= 0.6 is 0 Å². The fourth-order valence-corrected chi connectivity index (χ4v) is 3.73. The van der Waals surface area contributed by atoms with Crippen molar-refractivity contribution < 1.29 is 15.0 Å². The summed E-state index contributed by atoms with van der Waals surface area (Å²) in [6.07, 6.45) is 0. The van der Waals surface area contributed by atoms with Crippen LogP contribution in [0.1, 0.15) is 41.4 Å². The highest BCUT2D eigenvalue weighted by Crippen LogP contribution is 2.33. The molecule has 0 aliphatic rings.